The number of rotatable bonds is 4. The van der Waals surface area contributed by atoms with Gasteiger partial charge in [-0.1, -0.05) is 6.08 Å². The van der Waals surface area contributed by atoms with Gasteiger partial charge in [0.2, 0.25) is 0 Å². The van der Waals surface area contributed by atoms with Crippen LogP contribution in [-0.2, 0) is 14.3 Å². The Bertz CT molecular complexity index is 318. The third-order valence-electron chi connectivity index (χ3n) is 2.06. The molecule has 4 heteroatoms. The molecule has 0 aromatic heterocycles. The molecule has 0 amide bonds. The zero-order chi connectivity index (χ0) is 11.3. The lowest BCUT2D eigenvalue weighted by Crippen LogP contribution is -2.19. The second kappa shape index (κ2) is 5.44. The Morgan fingerprint density at radius 2 is 2.33 bits per heavy atom. The van der Waals surface area contributed by atoms with Crippen LogP contribution in [0.2, 0.25) is 0 Å². The molecule has 0 bridgehead atoms. The Hall–Kier alpha value is -1.45. The molecule has 0 aromatic rings. The van der Waals surface area contributed by atoms with Gasteiger partial charge >= 0.3 is 5.97 Å². The maximum atomic E-state index is 12.8. The number of carbonyl (C=O) groups excluding carboxylic acids is 2. The van der Waals surface area contributed by atoms with Gasteiger partial charge in [-0.25, -0.2) is 4.39 Å². The number of allylic oxidation sites excluding steroid dienone is 4. The smallest absolute Gasteiger partial charge is 0.313 e. The fourth-order valence-corrected chi connectivity index (χ4v) is 1.35. The average molecular weight is 212 g/mol. The van der Waals surface area contributed by atoms with Crippen LogP contribution in [0.1, 0.15) is 19.8 Å². The van der Waals surface area contributed by atoms with Gasteiger partial charge in [0.15, 0.2) is 5.78 Å². The quantitative estimate of drug-likeness (QED) is 0.528. The zero-order valence-corrected chi connectivity index (χ0v) is 8.53. The van der Waals surface area contributed by atoms with Gasteiger partial charge in [-0.3, -0.25) is 9.59 Å². The number of carbonyl (C=O) groups is 2. The van der Waals surface area contributed by atoms with Crippen LogP contribution in [-0.4, -0.2) is 18.4 Å². The highest BCUT2D eigenvalue weighted by Gasteiger charge is 2.21. The molecule has 0 aromatic carbocycles. The van der Waals surface area contributed by atoms with E-state index in [0.717, 1.165) is 0 Å². The van der Waals surface area contributed by atoms with Crippen molar-refractivity contribution >= 4 is 11.8 Å². The van der Waals surface area contributed by atoms with E-state index in [-0.39, 0.29) is 18.8 Å². The third kappa shape index (κ3) is 3.65. The summed E-state index contributed by atoms with van der Waals surface area (Å²) in [4.78, 5) is 22.5. The van der Waals surface area contributed by atoms with Gasteiger partial charge in [0.1, 0.15) is 12.2 Å². The summed E-state index contributed by atoms with van der Waals surface area (Å²) in [6.45, 7) is 1.92. The van der Waals surface area contributed by atoms with E-state index < -0.39 is 17.7 Å². The lowest BCUT2D eigenvalue weighted by atomic mass is 9.94. The van der Waals surface area contributed by atoms with Gasteiger partial charge in [-0.2, -0.15) is 0 Å². The van der Waals surface area contributed by atoms with Crippen LogP contribution >= 0.6 is 0 Å². The van der Waals surface area contributed by atoms with E-state index in [0.29, 0.717) is 6.42 Å². The largest absolute Gasteiger partial charge is 0.466 e. The highest BCUT2D eigenvalue weighted by Crippen LogP contribution is 2.19. The van der Waals surface area contributed by atoms with E-state index in [1.54, 1.807) is 13.0 Å². The normalized spacial score (nSPS) is 19.6. The van der Waals surface area contributed by atoms with Gasteiger partial charge in [-0.15, -0.1) is 0 Å². The SMILES string of the molecule is CCOC(=O)CC(=O)C1C=C(F)C=CC1. The number of esters is 1. The summed E-state index contributed by atoms with van der Waals surface area (Å²) in [6.07, 6.45) is 4.31. The van der Waals surface area contributed by atoms with E-state index in [1.165, 1.54) is 12.2 Å². The molecule has 1 atom stereocenters. The van der Waals surface area contributed by atoms with Crippen molar-refractivity contribution in [1.29, 1.82) is 0 Å². The Morgan fingerprint density at radius 3 is 2.93 bits per heavy atom. The maximum absolute atomic E-state index is 12.8. The summed E-state index contributed by atoms with van der Waals surface area (Å²) in [5.41, 5.74) is 0. The lowest BCUT2D eigenvalue weighted by molar-refractivity contribution is -0.146. The molecule has 0 radical (unpaired) electrons. The number of ketones is 1. The molecule has 82 valence electrons. The van der Waals surface area contributed by atoms with Crippen LogP contribution < -0.4 is 0 Å². The molecule has 0 saturated carbocycles. The zero-order valence-electron chi connectivity index (χ0n) is 8.53. The number of halogens is 1. The van der Waals surface area contributed by atoms with Gasteiger partial charge in [-0.05, 0) is 25.5 Å². The van der Waals surface area contributed by atoms with E-state index in [1.807, 2.05) is 0 Å². The standard InChI is InChI=1S/C11H13FO3/c1-2-15-11(14)7-10(13)8-4-3-5-9(12)6-8/h3,5-6,8H,2,4,7H2,1H3. The first-order chi connectivity index (χ1) is 7.13. The molecule has 1 unspecified atom stereocenters. The van der Waals surface area contributed by atoms with Gasteiger partial charge in [0.25, 0.3) is 0 Å². The van der Waals surface area contributed by atoms with Crippen molar-refractivity contribution in [3.8, 4) is 0 Å². The Kier molecular flexibility index (Phi) is 4.21. The number of hydrogen-bond donors (Lipinski definition) is 0. The van der Waals surface area contributed by atoms with E-state index in [2.05, 4.69) is 4.74 Å². The summed E-state index contributed by atoms with van der Waals surface area (Å²) >= 11 is 0. The first-order valence-corrected chi connectivity index (χ1v) is 4.85. The Balaban J connectivity index is 2.48. The van der Waals surface area contributed by atoms with Crippen molar-refractivity contribution in [2.24, 2.45) is 5.92 Å². The highest BCUT2D eigenvalue weighted by molar-refractivity contribution is 5.97. The summed E-state index contributed by atoms with van der Waals surface area (Å²) in [5.74, 6) is -1.80. The first kappa shape index (κ1) is 11.6. The van der Waals surface area contributed by atoms with Crippen LogP contribution in [0.25, 0.3) is 0 Å². The third-order valence-corrected chi connectivity index (χ3v) is 2.06. The van der Waals surface area contributed by atoms with Crippen LogP contribution in [0.5, 0.6) is 0 Å². The number of hydrogen-bond acceptors (Lipinski definition) is 3. The summed E-state index contributed by atoms with van der Waals surface area (Å²) < 4.78 is 17.4. The fourth-order valence-electron chi connectivity index (χ4n) is 1.35. The van der Waals surface area contributed by atoms with Crippen molar-refractivity contribution in [2.75, 3.05) is 6.61 Å². The van der Waals surface area contributed by atoms with Gasteiger partial charge in [0, 0.05) is 5.92 Å². The van der Waals surface area contributed by atoms with E-state index in [4.69, 9.17) is 0 Å². The molecule has 1 aliphatic carbocycles. The van der Waals surface area contributed by atoms with E-state index >= 15 is 0 Å². The van der Waals surface area contributed by atoms with E-state index in [9.17, 15) is 14.0 Å². The minimum Gasteiger partial charge on any atom is -0.466 e. The average Bonchev–Trinajstić information content (AvgIpc) is 2.18. The molecule has 0 saturated heterocycles. The van der Waals surface area contributed by atoms with Gasteiger partial charge in [0.05, 0.1) is 6.61 Å². The van der Waals surface area contributed by atoms with Crippen LogP contribution in [0, 0.1) is 5.92 Å². The molecule has 0 aliphatic heterocycles. The van der Waals surface area contributed by atoms with Crippen molar-refractivity contribution in [1.82, 2.24) is 0 Å². The number of Topliss-reactive ketones (excluding diaryl/α,β-unsaturated/α-hetero) is 1. The second-order valence-corrected chi connectivity index (χ2v) is 3.24. The minimum absolute atomic E-state index is 0.251. The molecular weight excluding hydrogens is 199 g/mol. The number of ether oxygens (including phenoxy) is 1. The molecule has 0 fully saturated rings. The highest BCUT2D eigenvalue weighted by atomic mass is 19.1. The molecule has 15 heavy (non-hydrogen) atoms. The molecular formula is C11H13FO3. The Morgan fingerprint density at radius 1 is 1.60 bits per heavy atom. The van der Waals surface area contributed by atoms with Gasteiger partial charge < -0.3 is 4.74 Å². The summed E-state index contributed by atoms with van der Waals surface area (Å²) in [6, 6.07) is 0. The fraction of sp³-hybridized carbons (Fsp3) is 0.455. The van der Waals surface area contributed by atoms with Crippen molar-refractivity contribution in [2.45, 2.75) is 19.8 Å². The minimum atomic E-state index is -0.550. The van der Waals surface area contributed by atoms with Crippen LogP contribution in [0.4, 0.5) is 4.39 Å². The molecule has 3 nitrogen and oxygen atoms in total. The monoisotopic (exact) mass is 212 g/mol. The molecule has 0 spiro atoms. The topological polar surface area (TPSA) is 43.4 Å². The second-order valence-electron chi connectivity index (χ2n) is 3.24. The van der Waals surface area contributed by atoms with Crippen LogP contribution in [0.3, 0.4) is 0 Å². The Labute approximate surface area is 87.6 Å². The van der Waals surface area contributed by atoms with Crippen LogP contribution in [0.15, 0.2) is 24.1 Å². The predicted octanol–water partition coefficient (Wildman–Crippen LogP) is 1.94. The van der Waals surface area contributed by atoms with Crippen molar-refractivity contribution < 1.29 is 18.7 Å². The van der Waals surface area contributed by atoms with Crippen molar-refractivity contribution in [3.05, 3.63) is 24.1 Å². The molecule has 0 heterocycles. The lowest BCUT2D eigenvalue weighted by Gasteiger charge is -2.11. The molecule has 0 N–H and O–H groups in total. The first-order valence-electron chi connectivity index (χ1n) is 4.85. The summed E-state index contributed by atoms with van der Waals surface area (Å²) in [5, 5.41) is 0. The maximum Gasteiger partial charge on any atom is 0.313 e. The summed E-state index contributed by atoms with van der Waals surface area (Å²) in [7, 11) is 0. The van der Waals surface area contributed by atoms with Crippen molar-refractivity contribution in [3.63, 3.8) is 0 Å². The molecule has 1 aliphatic rings. The predicted molar refractivity (Wildman–Crippen MR) is 52.7 cm³/mol. The molecule has 1 rings (SSSR count).